The van der Waals surface area contributed by atoms with E-state index in [1.807, 2.05) is 17.5 Å². The summed E-state index contributed by atoms with van der Waals surface area (Å²) in [6, 6.07) is 7.08. The summed E-state index contributed by atoms with van der Waals surface area (Å²) in [6.45, 7) is 0. The Morgan fingerprint density at radius 2 is 1.88 bits per heavy atom. The fraction of sp³-hybridized carbons (Fsp3) is 0.333. The van der Waals surface area contributed by atoms with Crippen LogP contribution in [-0.4, -0.2) is 6.18 Å². The Hall–Kier alpha value is -1.03. The lowest BCUT2D eigenvalue weighted by molar-refractivity contribution is -0.160. The van der Waals surface area contributed by atoms with Gasteiger partial charge in [0.05, 0.1) is 5.41 Å². The van der Waals surface area contributed by atoms with Crippen molar-refractivity contribution in [2.24, 2.45) is 0 Å². The first-order valence-corrected chi connectivity index (χ1v) is 5.96. The minimum absolute atomic E-state index is 0.230. The van der Waals surface area contributed by atoms with Crippen molar-refractivity contribution in [2.75, 3.05) is 0 Å². The third-order valence-electron chi connectivity index (χ3n) is 3.29. The van der Waals surface area contributed by atoms with Crippen LogP contribution >= 0.6 is 11.3 Å². The van der Waals surface area contributed by atoms with E-state index in [4.69, 9.17) is 0 Å². The van der Waals surface area contributed by atoms with Gasteiger partial charge in [0.15, 0.2) is 0 Å². The van der Waals surface area contributed by atoms with Crippen LogP contribution in [-0.2, 0) is 5.41 Å². The highest BCUT2D eigenvalue weighted by Gasteiger charge is 2.64. The van der Waals surface area contributed by atoms with Crippen LogP contribution in [0.25, 0.3) is 10.1 Å². The first-order chi connectivity index (χ1) is 7.55. The molecule has 1 aliphatic carbocycles. The smallest absolute Gasteiger partial charge is 0.170 e. The fourth-order valence-electron chi connectivity index (χ4n) is 2.20. The summed E-state index contributed by atoms with van der Waals surface area (Å²) >= 11 is 1.40. The van der Waals surface area contributed by atoms with Crippen LogP contribution in [0.15, 0.2) is 29.6 Å². The molecule has 1 heterocycles. The fourth-order valence-corrected chi connectivity index (χ4v) is 3.21. The number of alkyl halides is 3. The SMILES string of the molecule is FC(F)(F)C1(c2cccc3ccsc23)CC1. The lowest BCUT2D eigenvalue weighted by atomic mass is 9.94. The van der Waals surface area contributed by atoms with E-state index >= 15 is 0 Å². The monoisotopic (exact) mass is 242 g/mol. The van der Waals surface area contributed by atoms with Gasteiger partial charge in [-0.2, -0.15) is 13.2 Å². The molecule has 84 valence electrons. The van der Waals surface area contributed by atoms with Crippen molar-refractivity contribution in [3.05, 3.63) is 35.2 Å². The van der Waals surface area contributed by atoms with Crippen molar-refractivity contribution >= 4 is 21.4 Å². The van der Waals surface area contributed by atoms with Gasteiger partial charge in [-0.3, -0.25) is 0 Å². The van der Waals surface area contributed by atoms with Crippen molar-refractivity contribution in [2.45, 2.75) is 24.4 Å². The van der Waals surface area contributed by atoms with Crippen molar-refractivity contribution in [1.82, 2.24) is 0 Å². The van der Waals surface area contributed by atoms with Crippen molar-refractivity contribution in [1.29, 1.82) is 0 Å². The molecule has 4 heteroatoms. The van der Waals surface area contributed by atoms with E-state index in [0.717, 1.165) is 10.1 Å². The molecule has 0 radical (unpaired) electrons. The zero-order valence-electron chi connectivity index (χ0n) is 8.34. The Morgan fingerprint density at radius 3 is 2.50 bits per heavy atom. The molecule has 0 spiro atoms. The van der Waals surface area contributed by atoms with Gasteiger partial charge in [0.2, 0.25) is 0 Å². The molecule has 0 aliphatic heterocycles. The lowest BCUT2D eigenvalue weighted by Crippen LogP contribution is -2.28. The molecule has 1 aliphatic rings. The van der Waals surface area contributed by atoms with E-state index in [-0.39, 0.29) is 12.8 Å². The Bertz CT molecular complexity index is 534. The molecule has 3 rings (SSSR count). The zero-order valence-corrected chi connectivity index (χ0v) is 9.16. The number of halogens is 3. The van der Waals surface area contributed by atoms with Crippen molar-refractivity contribution < 1.29 is 13.2 Å². The van der Waals surface area contributed by atoms with Crippen LogP contribution in [0.4, 0.5) is 13.2 Å². The van der Waals surface area contributed by atoms with Crippen LogP contribution in [0.2, 0.25) is 0 Å². The van der Waals surface area contributed by atoms with E-state index in [1.54, 1.807) is 12.1 Å². The summed E-state index contributed by atoms with van der Waals surface area (Å²) < 4.78 is 39.9. The summed E-state index contributed by atoms with van der Waals surface area (Å²) in [7, 11) is 0. The molecule has 0 saturated heterocycles. The normalized spacial score (nSPS) is 18.9. The molecule has 1 saturated carbocycles. The number of hydrogen-bond donors (Lipinski definition) is 0. The highest BCUT2D eigenvalue weighted by Crippen LogP contribution is 2.60. The van der Waals surface area contributed by atoms with Gasteiger partial charge >= 0.3 is 6.18 Å². The first-order valence-electron chi connectivity index (χ1n) is 5.08. The van der Waals surface area contributed by atoms with Gasteiger partial charge in [-0.15, -0.1) is 11.3 Å². The topological polar surface area (TPSA) is 0 Å². The average Bonchev–Trinajstić information content (AvgIpc) is 2.89. The molecule has 0 atom stereocenters. The van der Waals surface area contributed by atoms with Crippen LogP contribution in [0.3, 0.4) is 0 Å². The van der Waals surface area contributed by atoms with E-state index in [2.05, 4.69) is 0 Å². The highest BCUT2D eigenvalue weighted by atomic mass is 32.1. The van der Waals surface area contributed by atoms with Crippen molar-refractivity contribution in [3.63, 3.8) is 0 Å². The second-order valence-electron chi connectivity index (χ2n) is 4.22. The molecule has 0 amide bonds. The molecular weight excluding hydrogens is 233 g/mol. The number of fused-ring (bicyclic) bond motifs is 1. The molecule has 1 fully saturated rings. The number of hydrogen-bond acceptors (Lipinski definition) is 1. The lowest BCUT2D eigenvalue weighted by Gasteiger charge is -2.20. The van der Waals surface area contributed by atoms with E-state index in [0.29, 0.717) is 5.56 Å². The number of benzene rings is 1. The van der Waals surface area contributed by atoms with Crippen LogP contribution in [0.5, 0.6) is 0 Å². The van der Waals surface area contributed by atoms with Gasteiger partial charge in [-0.05, 0) is 35.2 Å². The van der Waals surface area contributed by atoms with Gasteiger partial charge in [-0.1, -0.05) is 18.2 Å². The van der Waals surface area contributed by atoms with Gasteiger partial charge in [0.25, 0.3) is 0 Å². The van der Waals surface area contributed by atoms with Gasteiger partial charge < -0.3 is 0 Å². The largest absolute Gasteiger partial charge is 0.398 e. The molecule has 0 unspecified atom stereocenters. The average molecular weight is 242 g/mol. The zero-order chi connectivity index (χ0) is 11.4. The Morgan fingerprint density at radius 1 is 1.12 bits per heavy atom. The maximum atomic E-state index is 13.0. The minimum atomic E-state index is -4.12. The molecule has 16 heavy (non-hydrogen) atoms. The summed E-state index contributed by atoms with van der Waals surface area (Å²) in [4.78, 5) is 0. The predicted octanol–water partition coefficient (Wildman–Crippen LogP) is 4.50. The van der Waals surface area contributed by atoms with Gasteiger partial charge in [0.1, 0.15) is 0 Å². The quantitative estimate of drug-likeness (QED) is 0.691. The third kappa shape index (κ3) is 1.22. The highest BCUT2D eigenvalue weighted by molar-refractivity contribution is 7.17. The second kappa shape index (κ2) is 3.00. The molecule has 1 aromatic heterocycles. The molecule has 0 N–H and O–H groups in total. The first kappa shape index (κ1) is 10.1. The van der Waals surface area contributed by atoms with Crippen molar-refractivity contribution in [3.8, 4) is 0 Å². The molecule has 2 aromatic rings. The maximum absolute atomic E-state index is 13.0. The second-order valence-corrected chi connectivity index (χ2v) is 5.14. The van der Waals surface area contributed by atoms with Crippen LogP contribution in [0, 0.1) is 0 Å². The Balaban J connectivity index is 2.23. The van der Waals surface area contributed by atoms with E-state index < -0.39 is 11.6 Å². The Labute approximate surface area is 94.7 Å². The molecule has 1 aromatic carbocycles. The summed E-state index contributed by atoms with van der Waals surface area (Å²) in [6.07, 6.45) is -3.66. The number of thiophene rings is 1. The Kier molecular flexibility index (Phi) is 1.90. The number of rotatable bonds is 1. The summed E-state index contributed by atoms with van der Waals surface area (Å²) in [5.74, 6) is 0. The summed E-state index contributed by atoms with van der Waals surface area (Å²) in [5.41, 5.74) is -1.09. The summed E-state index contributed by atoms with van der Waals surface area (Å²) in [5, 5.41) is 2.76. The third-order valence-corrected chi connectivity index (χ3v) is 4.25. The predicted molar refractivity (Wildman–Crippen MR) is 58.8 cm³/mol. The van der Waals surface area contributed by atoms with Gasteiger partial charge in [-0.25, -0.2) is 0 Å². The van der Waals surface area contributed by atoms with Gasteiger partial charge in [0, 0.05) is 4.70 Å². The molecule has 0 bridgehead atoms. The van der Waals surface area contributed by atoms with E-state index in [9.17, 15) is 13.2 Å². The molecular formula is C12H9F3S. The maximum Gasteiger partial charge on any atom is 0.398 e. The standard InChI is InChI=1S/C12H9F3S/c13-12(14,15)11(5-6-11)9-3-1-2-8-4-7-16-10(8)9/h1-4,7H,5-6H2. The minimum Gasteiger partial charge on any atom is -0.170 e. The van der Waals surface area contributed by atoms with E-state index in [1.165, 1.54) is 11.3 Å². The van der Waals surface area contributed by atoms with Crippen LogP contribution < -0.4 is 0 Å². The molecule has 0 nitrogen and oxygen atoms in total. The van der Waals surface area contributed by atoms with Crippen LogP contribution in [0.1, 0.15) is 18.4 Å².